The topological polar surface area (TPSA) is 29.1 Å². The molecule has 0 aliphatic carbocycles. The van der Waals surface area contributed by atoms with Crippen molar-refractivity contribution in [1.82, 2.24) is 0 Å². The van der Waals surface area contributed by atoms with E-state index < -0.39 is 0 Å². The van der Waals surface area contributed by atoms with E-state index in [2.05, 4.69) is 5.32 Å². The zero-order valence-electron chi connectivity index (χ0n) is 10.5. The third-order valence-corrected chi connectivity index (χ3v) is 3.99. The van der Waals surface area contributed by atoms with Crippen LogP contribution in [-0.2, 0) is 0 Å². The number of aryl methyl sites for hydroxylation is 3. The van der Waals surface area contributed by atoms with Crippen molar-refractivity contribution in [3.63, 3.8) is 0 Å². The predicted octanol–water partition coefficient (Wildman–Crippen LogP) is 4.06. The monoisotopic (exact) mass is 263 g/mol. The molecular formula is C14H14FNOS. The van der Waals surface area contributed by atoms with Gasteiger partial charge in [-0.25, -0.2) is 4.39 Å². The maximum absolute atomic E-state index is 13.1. The van der Waals surface area contributed by atoms with Crippen molar-refractivity contribution in [2.45, 2.75) is 20.8 Å². The summed E-state index contributed by atoms with van der Waals surface area (Å²) in [5, 5.41) is 2.74. The highest BCUT2D eigenvalue weighted by atomic mass is 32.1. The molecule has 4 heteroatoms. The molecule has 0 fully saturated rings. The third-order valence-electron chi connectivity index (χ3n) is 2.84. The Bertz CT molecular complexity index is 584. The second kappa shape index (κ2) is 4.90. The summed E-state index contributed by atoms with van der Waals surface area (Å²) in [5.41, 5.74) is 2.46. The van der Waals surface area contributed by atoms with Crippen LogP contribution in [0.4, 0.5) is 10.1 Å². The van der Waals surface area contributed by atoms with Crippen molar-refractivity contribution in [3.8, 4) is 0 Å². The van der Waals surface area contributed by atoms with Gasteiger partial charge in [0.05, 0.1) is 4.88 Å². The summed E-state index contributed by atoms with van der Waals surface area (Å²) < 4.78 is 13.1. The van der Waals surface area contributed by atoms with Crippen LogP contribution in [-0.4, -0.2) is 5.91 Å². The summed E-state index contributed by atoms with van der Waals surface area (Å²) in [4.78, 5) is 13.8. The SMILES string of the molecule is Cc1ccc(F)cc1NC(=O)c1cc(C)c(C)s1. The summed E-state index contributed by atoms with van der Waals surface area (Å²) in [6, 6.07) is 6.21. The smallest absolute Gasteiger partial charge is 0.265 e. The molecule has 1 N–H and O–H groups in total. The highest BCUT2D eigenvalue weighted by molar-refractivity contribution is 7.14. The van der Waals surface area contributed by atoms with E-state index in [9.17, 15) is 9.18 Å². The van der Waals surface area contributed by atoms with Crippen LogP contribution in [0.25, 0.3) is 0 Å². The Balaban J connectivity index is 2.23. The molecule has 0 saturated heterocycles. The van der Waals surface area contributed by atoms with Gasteiger partial charge in [-0.2, -0.15) is 0 Å². The number of benzene rings is 1. The lowest BCUT2D eigenvalue weighted by Crippen LogP contribution is -2.11. The van der Waals surface area contributed by atoms with Crippen LogP contribution in [0, 0.1) is 26.6 Å². The van der Waals surface area contributed by atoms with Gasteiger partial charge in [-0.3, -0.25) is 4.79 Å². The van der Waals surface area contributed by atoms with Crippen molar-refractivity contribution in [1.29, 1.82) is 0 Å². The number of carbonyl (C=O) groups excluding carboxylic acids is 1. The van der Waals surface area contributed by atoms with Gasteiger partial charge in [-0.05, 0) is 50.1 Å². The highest BCUT2D eigenvalue weighted by Crippen LogP contribution is 2.23. The van der Waals surface area contributed by atoms with Crippen LogP contribution in [0.15, 0.2) is 24.3 Å². The highest BCUT2D eigenvalue weighted by Gasteiger charge is 2.12. The minimum Gasteiger partial charge on any atom is -0.321 e. The van der Waals surface area contributed by atoms with E-state index in [4.69, 9.17) is 0 Å². The number of halogens is 1. The Morgan fingerprint density at radius 1 is 1.17 bits per heavy atom. The van der Waals surface area contributed by atoms with Crippen molar-refractivity contribution in [3.05, 3.63) is 51.0 Å². The fraction of sp³-hybridized carbons (Fsp3) is 0.214. The normalized spacial score (nSPS) is 10.4. The first-order chi connectivity index (χ1) is 8.47. The molecule has 1 heterocycles. The zero-order chi connectivity index (χ0) is 13.3. The molecule has 0 aliphatic rings. The quantitative estimate of drug-likeness (QED) is 0.869. The van der Waals surface area contributed by atoms with E-state index in [0.29, 0.717) is 10.6 Å². The molecule has 2 aromatic rings. The van der Waals surface area contributed by atoms with E-state index >= 15 is 0 Å². The number of nitrogens with one attached hydrogen (secondary N) is 1. The molecule has 2 rings (SSSR count). The molecule has 0 aliphatic heterocycles. The molecule has 18 heavy (non-hydrogen) atoms. The second-order valence-electron chi connectivity index (χ2n) is 4.26. The van der Waals surface area contributed by atoms with E-state index in [0.717, 1.165) is 16.0 Å². The standard InChI is InChI=1S/C14H14FNOS/c1-8-4-5-11(15)7-12(8)16-14(17)13-6-9(2)10(3)18-13/h4-7H,1-3H3,(H,16,17). The Kier molecular flexibility index (Phi) is 3.48. The van der Waals surface area contributed by atoms with Crippen molar-refractivity contribution in [2.24, 2.45) is 0 Å². The van der Waals surface area contributed by atoms with Gasteiger partial charge in [0.25, 0.3) is 5.91 Å². The number of amides is 1. The van der Waals surface area contributed by atoms with Crippen LogP contribution < -0.4 is 5.32 Å². The molecular weight excluding hydrogens is 249 g/mol. The summed E-state index contributed by atoms with van der Waals surface area (Å²) >= 11 is 1.45. The maximum Gasteiger partial charge on any atom is 0.265 e. The van der Waals surface area contributed by atoms with E-state index in [1.165, 1.54) is 23.5 Å². The van der Waals surface area contributed by atoms with Crippen molar-refractivity contribution >= 4 is 22.9 Å². The summed E-state index contributed by atoms with van der Waals surface area (Å²) in [6.45, 7) is 5.78. The molecule has 2 nitrogen and oxygen atoms in total. The number of hydrogen-bond donors (Lipinski definition) is 1. The van der Waals surface area contributed by atoms with E-state index in [1.54, 1.807) is 6.07 Å². The first kappa shape index (κ1) is 12.8. The van der Waals surface area contributed by atoms with Gasteiger partial charge in [0.15, 0.2) is 0 Å². The van der Waals surface area contributed by atoms with E-state index in [-0.39, 0.29) is 11.7 Å². The average molecular weight is 263 g/mol. The maximum atomic E-state index is 13.1. The first-order valence-corrected chi connectivity index (χ1v) is 6.43. The lowest BCUT2D eigenvalue weighted by atomic mass is 10.2. The zero-order valence-corrected chi connectivity index (χ0v) is 11.3. The Hall–Kier alpha value is -1.68. The Morgan fingerprint density at radius 2 is 1.89 bits per heavy atom. The average Bonchev–Trinajstić information content (AvgIpc) is 2.64. The Labute approximate surface area is 109 Å². The molecule has 0 radical (unpaired) electrons. The van der Waals surface area contributed by atoms with Gasteiger partial charge < -0.3 is 5.32 Å². The number of thiophene rings is 1. The molecule has 1 aromatic heterocycles. The summed E-state index contributed by atoms with van der Waals surface area (Å²) in [5.74, 6) is -0.542. The number of carbonyl (C=O) groups is 1. The van der Waals surface area contributed by atoms with Crippen LogP contribution in [0.3, 0.4) is 0 Å². The molecule has 0 atom stereocenters. The minimum atomic E-state index is -0.352. The van der Waals surface area contributed by atoms with Crippen molar-refractivity contribution < 1.29 is 9.18 Å². The van der Waals surface area contributed by atoms with Gasteiger partial charge in [-0.15, -0.1) is 11.3 Å². The van der Waals surface area contributed by atoms with Gasteiger partial charge in [0.2, 0.25) is 0 Å². The van der Waals surface area contributed by atoms with Crippen LogP contribution >= 0.6 is 11.3 Å². The van der Waals surface area contributed by atoms with Gasteiger partial charge in [0, 0.05) is 10.6 Å². The molecule has 1 aromatic carbocycles. The lowest BCUT2D eigenvalue weighted by Gasteiger charge is -2.07. The van der Waals surface area contributed by atoms with E-state index in [1.807, 2.05) is 26.8 Å². The number of rotatable bonds is 2. The molecule has 0 saturated carbocycles. The lowest BCUT2D eigenvalue weighted by molar-refractivity contribution is 0.103. The molecule has 0 unspecified atom stereocenters. The predicted molar refractivity (Wildman–Crippen MR) is 72.9 cm³/mol. The summed E-state index contributed by atoms with van der Waals surface area (Å²) in [6.07, 6.45) is 0. The molecule has 0 bridgehead atoms. The third kappa shape index (κ3) is 2.59. The fourth-order valence-electron chi connectivity index (χ4n) is 1.60. The number of anilines is 1. The van der Waals surface area contributed by atoms with Crippen LogP contribution in [0.2, 0.25) is 0 Å². The minimum absolute atomic E-state index is 0.190. The largest absolute Gasteiger partial charge is 0.321 e. The molecule has 0 spiro atoms. The second-order valence-corrected chi connectivity index (χ2v) is 5.52. The van der Waals surface area contributed by atoms with Crippen LogP contribution in [0.1, 0.15) is 25.7 Å². The molecule has 1 amide bonds. The number of hydrogen-bond acceptors (Lipinski definition) is 2. The van der Waals surface area contributed by atoms with Crippen molar-refractivity contribution in [2.75, 3.05) is 5.32 Å². The molecule has 94 valence electrons. The van der Waals surface area contributed by atoms with Gasteiger partial charge in [-0.1, -0.05) is 6.07 Å². The van der Waals surface area contributed by atoms with Crippen LogP contribution in [0.5, 0.6) is 0 Å². The van der Waals surface area contributed by atoms with Gasteiger partial charge in [0.1, 0.15) is 5.82 Å². The fourth-order valence-corrected chi connectivity index (χ4v) is 2.53. The summed E-state index contributed by atoms with van der Waals surface area (Å²) in [7, 11) is 0. The van der Waals surface area contributed by atoms with Gasteiger partial charge >= 0.3 is 0 Å². The Morgan fingerprint density at radius 3 is 2.50 bits per heavy atom. The first-order valence-electron chi connectivity index (χ1n) is 5.62.